The van der Waals surface area contributed by atoms with Gasteiger partial charge in [0.25, 0.3) is 12.4 Å². The Balaban J connectivity index is 2.21. The van der Waals surface area contributed by atoms with E-state index in [-0.39, 0.29) is 22.7 Å². The lowest BCUT2D eigenvalue weighted by Gasteiger charge is -2.33. The van der Waals surface area contributed by atoms with Gasteiger partial charge in [0.2, 0.25) is 0 Å². The summed E-state index contributed by atoms with van der Waals surface area (Å²) in [6.45, 7) is 0. The number of amidine groups is 1. The zero-order valence-electron chi connectivity index (χ0n) is 9.82. The fourth-order valence-electron chi connectivity index (χ4n) is 2.65. The first-order valence-electron chi connectivity index (χ1n) is 5.81. The van der Waals surface area contributed by atoms with Crippen molar-refractivity contribution in [1.29, 1.82) is 0 Å². The van der Waals surface area contributed by atoms with E-state index in [1.54, 1.807) is 6.07 Å². The van der Waals surface area contributed by atoms with E-state index >= 15 is 0 Å². The third-order valence-electron chi connectivity index (χ3n) is 3.62. The highest BCUT2D eigenvalue weighted by molar-refractivity contribution is 6.31. The number of ether oxygens (including phenoxy) is 1. The minimum atomic E-state index is -2.73. The molecule has 1 aliphatic carbocycles. The number of nitrogens with two attached hydrogens (primary N) is 2. The summed E-state index contributed by atoms with van der Waals surface area (Å²) in [4.78, 5) is 3.89. The molecule has 1 unspecified atom stereocenters. The zero-order valence-corrected chi connectivity index (χ0v) is 10.6. The molecule has 0 aromatic heterocycles. The molecule has 4 N–H and O–H groups in total. The molecule has 102 valence electrons. The second-order valence-corrected chi connectivity index (χ2v) is 5.22. The van der Waals surface area contributed by atoms with Crippen LogP contribution in [0.3, 0.4) is 0 Å². The van der Waals surface area contributed by atoms with Gasteiger partial charge >= 0.3 is 0 Å². The molecule has 3 rings (SSSR count). The predicted octanol–water partition coefficient (Wildman–Crippen LogP) is 2.12. The lowest BCUT2D eigenvalue weighted by Crippen LogP contribution is -2.43. The van der Waals surface area contributed by atoms with Gasteiger partial charge in [-0.15, -0.1) is 0 Å². The Morgan fingerprint density at radius 3 is 2.84 bits per heavy atom. The van der Waals surface area contributed by atoms with Crippen LogP contribution in [0.25, 0.3) is 0 Å². The van der Waals surface area contributed by atoms with Gasteiger partial charge in [-0.25, -0.2) is 13.8 Å². The van der Waals surface area contributed by atoms with Gasteiger partial charge in [0.15, 0.2) is 5.54 Å². The van der Waals surface area contributed by atoms with E-state index in [9.17, 15) is 8.78 Å². The molecular weight excluding hydrogens is 276 g/mol. The van der Waals surface area contributed by atoms with Gasteiger partial charge < -0.3 is 16.2 Å². The zero-order chi connectivity index (χ0) is 13.8. The topological polar surface area (TPSA) is 73.6 Å². The average molecular weight is 288 g/mol. The smallest absolute Gasteiger partial charge is 0.283 e. The van der Waals surface area contributed by atoms with Crippen LogP contribution in [0.4, 0.5) is 14.5 Å². The van der Waals surface area contributed by atoms with Gasteiger partial charge in [-0.1, -0.05) is 11.6 Å². The van der Waals surface area contributed by atoms with Crippen LogP contribution in [0.5, 0.6) is 0 Å². The van der Waals surface area contributed by atoms with Gasteiger partial charge in [-0.2, -0.15) is 0 Å². The van der Waals surface area contributed by atoms with Crippen LogP contribution in [0.15, 0.2) is 23.2 Å². The van der Waals surface area contributed by atoms with Crippen molar-refractivity contribution in [3.05, 3.63) is 28.8 Å². The molecule has 4 nitrogen and oxygen atoms in total. The second-order valence-electron chi connectivity index (χ2n) is 4.81. The second kappa shape index (κ2) is 3.96. The van der Waals surface area contributed by atoms with Crippen molar-refractivity contribution < 1.29 is 13.5 Å². The molecule has 0 amide bonds. The number of nitrogen functional groups attached to an aromatic ring is 1. The minimum Gasteiger partial charge on any atom is -0.462 e. The Hall–Kier alpha value is -1.56. The predicted molar refractivity (Wildman–Crippen MR) is 68.1 cm³/mol. The summed E-state index contributed by atoms with van der Waals surface area (Å²) in [5, 5.41) is 0.207. The molecule has 1 aromatic rings. The molecule has 1 saturated carbocycles. The van der Waals surface area contributed by atoms with Gasteiger partial charge in [-0.3, -0.25) is 0 Å². The number of nitrogens with zero attached hydrogens (tertiary/aromatic N) is 1. The summed E-state index contributed by atoms with van der Waals surface area (Å²) in [6, 6.07) is 4.26. The molecule has 1 aromatic carbocycles. The standard InChI is InChI=1S/C12H12ClF2N3O/c13-8-2-1-5(16)3-6(8)12(10(14)15)7-4-9(7)19-11(17)18-12/h1-3,7,9-10H,4,16H2,(H2,17,18)/t7?,9-,12-/m1/s1. The number of aliphatic imine (C=N–C) groups is 1. The van der Waals surface area contributed by atoms with Gasteiger partial charge in [-0.05, 0) is 24.6 Å². The molecular formula is C12H12ClF2N3O. The Morgan fingerprint density at radius 1 is 1.42 bits per heavy atom. The molecule has 1 heterocycles. The minimum absolute atomic E-state index is 0.207. The van der Waals surface area contributed by atoms with E-state index in [4.69, 9.17) is 27.8 Å². The highest BCUT2D eigenvalue weighted by Crippen LogP contribution is 2.56. The van der Waals surface area contributed by atoms with Crippen LogP contribution >= 0.6 is 11.6 Å². The number of anilines is 1. The summed E-state index contributed by atoms with van der Waals surface area (Å²) >= 11 is 6.05. The molecule has 1 fully saturated rings. The molecule has 0 radical (unpaired) electrons. The SMILES string of the molecule is NC1=N[C@@](c2cc(N)ccc2Cl)(C(F)F)C2C[C@H]2O1. The van der Waals surface area contributed by atoms with Crippen LogP contribution < -0.4 is 11.5 Å². The van der Waals surface area contributed by atoms with Crippen molar-refractivity contribution in [2.24, 2.45) is 16.6 Å². The molecule has 2 aliphatic rings. The van der Waals surface area contributed by atoms with Crippen molar-refractivity contribution in [2.75, 3.05) is 5.73 Å². The van der Waals surface area contributed by atoms with E-state index < -0.39 is 17.9 Å². The fraction of sp³-hybridized carbons (Fsp3) is 0.417. The number of hydrogen-bond acceptors (Lipinski definition) is 4. The van der Waals surface area contributed by atoms with Crippen LogP contribution in [0, 0.1) is 5.92 Å². The normalized spacial score (nSPS) is 32.5. The largest absolute Gasteiger partial charge is 0.462 e. The number of halogens is 3. The Labute approximate surface area is 113 Å². The highest BCUT2D eigenvalue weighted by Gasteiger charge is 2.64. The van der Waals surface area contributed by atoms with Crippen LogP contribution in [-0.4, -0.2) is 18.6 Å². The quantitative estimate of drug-likeness (QED) is 0.818. The maximum absolute atomic E-state index is 13.7. The summed E-state index contributed by atoms with van der Waals surface area (Å²) in [5.41, 5.74) is 10.0. The third-order valence-corrected chi connectivity index (χ3v) is 3.95. The summed E-state index contributed by atoms with van der Waals surface area (Å²) in [5.74, 6) is -0.418. The van der Waals surface area contributed by atoms with Crippen LogP contribution in [0.2, 0.25) is 5.02 Å². The van der Waals surface area contributed by atoms with E-state index in [0.717, 1.165) is 0 Å². The Morgan fingerprint density at radius 2 is 2.16 bits per heavy atom. The molecule has 19 heavy (non-hydrogen) atoms. The summed E-state index contributed by atoms with van der Waals surface area (Å²) in [6.07, 6.45) is -2.56. The third kappa shape index (κ3) is 1.74. The van der Waals surface area contributed by atoms with Gasteiger partial charge in [0.1, 0.15) is 6.10 Å². The van der Waals surface area contributed by atoms with Crippen molar-refractivity contribution in [3.63, 3.8) is 0 Å². The molecule has 0 spiro atoms. The van der Waals surface area contributed by atoms with Crippen molar-refractivity contribution >= 4 is 23.3 Å². The Kier molecular flexibility index (Phi) is 2.60. The van der Waals surface area contributed by atoms with E-state index in [0.29, 0.717) is 12.1 Å². The number of benzene rings is 1. The first-order valence-corrected chi connectivity index (χ1v) is 6.18. The molecule has 0 saturated heterocycles. The van der Waals surface area contributed by atoms with Crippen molar-refractivity contribution in [1.82, 2.24) is 0 Å². The first kappa shape index (κ1) is 12.5. The highest BCUT2D eigenvalue weighted by atomic mass is 35.5. The van der Waals surface area contributed by atoms with Crippen LogP contribution in [0.1, 0.15) is 12.0 Å². The summed E-state index contributed by atoms with van der Waals surface area (Å²) < 4.78 is 32.6. The van der Waals surface area contributed by atoms with Gasteiger partial charge in [0, 0.05) is 22.2 Å². The Bertz CT molecular complexity index is 566. The average Bonchev–Trinajstić information content (AvgIpc) is 3.10. The number of rotatable bonds is 2. The monoisotopic (exact) mass is 287 g/mol. The lowest BCUT2D eigenvalue weighted by molar-refractivity contribution is 0.0197. The van der Waals surface area contributed by atoms with E-state index in [2.05, 4.69) is 4.99 Å². The molecule has 3 atom stereocenters. The molecule has 1 aliphatic heterocycles. The lowest BCUT2D eigenvalue weighted by atomic mass is 9.85. The van der Waals surface area contributed by atoms with E-state index in [1.807, 2.05) is 0 Å². The van der Waals surface area contributed by atoms with Crippen molar-refractivity contribution in [2.45, 2.75) is 24.5 Å². The maximum atomic E-state index is 13.7. The van der Waals surface area contributed by atoms with Gasteiger partial charge in [0.05, 0.1) is 0 Å². The number of fused-ring (bicyclic) bond motifs is 1. The fourth-order valence-corrected chi connectivity index (χ4v) is 2.92. The number of alkyl halides is 2. The van der Waals surface area contributed by atoms with E-state index in [1.165, 1.54) is 12.1 Å². The maximum Gasteiger partial charge on any atom is 0.283 e. The molecule has 0 bridgehead atoms. The summed E-state index contributed by atoms with van der Waals surface area (Å²) in [7, 11) is 0. The first-order chi connectivity index (χ1) is 8.95. The van der Waals surface area contributed by atoms with Crippen LogP contribution in [-0.2, 0) is 10.3 Å². The number of hydrogen-bond donors (Lipinski definition) is 2. The van der Waals surface area contributed by atoms with Crippen molar-refractivity contribution in [3.8, 4) is 0 Å². The molecule has 7 heteroatoms.